The summed E-state index contributed by atoms with van der Waals surface area (Å²) in [7, 11) is -1.97. The van der Waals surface area contributed by atoms with Crippen molar-refractivity contribution in [2.75, 3.05) is 0 Å². The fourth-order valence-corrected chi connectivity index (χ4v) is 5.03. The number of sulfonamides is 1. The summed E-state index contributed by atoms with van der Waals surface area (Å²) in [5, 5.41) is 4.15. The van der Waals surface area contributed by atoms with Crippen LogP contribution < -0.4 is 10.5 Å². The molecule has 3 N–H and O–H groups in total. The summed E-state index contributed by atoms with van der Waals surface area (Å²) < 4.78 is 29.6. The lowest BCUT2D eigenvalue weighted by molar-refractivity contribution is 0.502. The average molecular weight is 316 g/mol. The van der Waals surface area contributed by atoms with Crippen molar-refractivity contribution in [2.24, 2.45) is 12.8 Å². The number of hydrogen-bond acceptors (Lipinski definition) is 4. The fraction of sp³-hybridized carbons (Fsp3) is 0.667. The van der Waals surface area contributed by atoms with Gasteiger partial charge in [0, 0.05) is 7.05 Å². The zero-order chi connectivity index (χ0) is 15.1. The van der Waals surface area contributed by atoms with Gasteiger partial charge < -0.3 is 5.73 Å². The smallest absolute Gasteiger partial charge is 0.245 e. The second kappa shape index (κ2) is 5.09. The maximum atomic E-state index is 12.7. The highest BCUT2D eigenvalue weighted by atomic mass is 32.2. The minimum atomic E-state index is -3.69. The molecule has 112 valence electrons. The van der Waals surface area contributed by atoms with Gasteiger partial charge in [-0.3, -0.25) is 4.68 Å². The quantitative estimate of drug-likeness (QED) is 0.806. The molecule has 0 spiro atoms. The van der Waals surface area contributed by atoms with Crippen LogP contribution in [-0.4, -0.2) is 28.7 Å². The molecular formula is C12H20N4O2S2. The predicted octanol–water partition coefficient (Wildman–Crippen LogP) is 0.914. The Morgan fingerprint density at radius 1 is 1.40 bits per heavy atom. The van der Waals surface area contributed by atoms with Crippen molar-refractivity contribution in [1.82, 2.24) is 14.5 Å². The Hall–Kier alpha value is -0.990. The Morgan fingerprint density at radius 3 is 2.35 bits per heavy atom. The highest BCUT2D eigenvalue weighted by molar-refractivity contribution is 7.89. The van der Waals surface area contributed by atoms with Crippen molar-refractivity contribution in [3.05, 3.63) is 11.4 Å². The van der Waals surface area contributed by atoms with Crippen molar-refractivity contribution in [1.29, 1.82) is 0 Å². The van der Waals surface area contributed by atoms with E-state index in [0.717, 1.165) is 12.8 Å². The topological polar surface area (TPSA) is 90.0 Å². The van der Waals surface area contributed by atoms with Crippen molar-refractivity contribution in [2.45, 2.75) is 50.0 Å². The molecule has 6 nitrogen and oxygen atoms in total. The molecular weight excluding hydrogens is 296 g/mol. The summed E-state index contributed by atoms with van der Waals surface area (Å²) in [6.07, 6.45) is 3.15. The average Bonchev–Trinajstić information content (AvgIpc) is 2.86. The van der Waals surface area contributed by atoms with Crippen molar-refractivity contribution in [3.8, 4) is 0 Å². The molecule has 0 radical (unpaired) electrons. The van der Waals surface area contributed by atoms with Crippen LogP contribution in [0.25, 0.3) is 0 Å². The fourth-order valence-electron chi connectivity index (χ4n) is 2.83. The second-order valence-electron chi connectivity index (χ2n) is 5.38. The molecule has 1 saturated carbocycles. The maximum absolute atomic E-state index is 12.7. The summed E-state index contributed by atoms with van der Waals surface area (Å²) in [4.78, 5) is 0.445. The molecule has 0 aliphatic heterocycles. The summed E-state index contributed by atoms with van der Waals surface area (Å²) in [6, 6.07) is 0. The number of nitrogens with zero attached hydrogens (tertiary/aromatic N) is 2. The lowest BCUT2D eigenvalue weighted by atomic mass is 10.00. The molecule has 1 aliphatic carbocycles. The van der Waals surface area contributed by atoms with Crippen LogP contribution in [0.15, 0.2) is 4.90 Å². The molecule has 1 aromatic heterocycles. The van der Waals surface area contributed by atoms with E-state index in [0.29, 0.717) is 24.2 Å². The first-order valence-corrected chi connectivity index (χ1v) is 8.43. The van der Waals surface area contributed by atoms with Crippen LogP contribution in [0.5, 0.6) is 0 Å². The van der Waals surface area contributed by atoms with Gasteiger partial charge in [-0.15, -0.1) is 0 Å². The van der Waals surface area contributed by atoms with Crippen LogP contribution in [0, 0.1) is 13.8 Å². The minimum Gasteiger partial charge on any atom is -0.392 e. The molecule has 1 aromatic rings. The maximum Gasteiger partial charge on any atom is 0.245 e. The normalized spacial score (nSPS) is 18.4. The summed E-state index contributed by atoms with van der Waals surface area (Å²) in [5.41, 5.74) is 6.08. The van der Waals surface area contributed by atoms with Crippen LogP contribution in [-0.2, 0) is 17.1 Å². The van der Waals surface area contributed by atoms with Crippen LogP contribution in [0.4, 0.5) is 0 Å². The highest BCUT2D eigenvalue weighted by Gasteiger charge is 2.41. The standard InChI is InChI=1S/C12H20N4O2S2/c1-8-10(9(2)16(3)14-8)20(17,18)15-12(11(13)19)6-4-5-7-12/h15H,4-7H2,1-3H3,(H2,13,19). The molecule has 8 heteroatoms. The van der Waals surface area contributed by atoms with Gasteiger partial charge in [0.2, 0.25) is 10.0 Å². The Bertz CT molecular complexity index is 643. The molecule has 20 heavy (non-hydrogen) atoms. The van der Waals surface area contributed by atoms with E-state index in [9.17, 15) is 8.42 Å². The van der Waals surface area contributed by atoms with E-state index in [1.807, 2.05) is 0 Å². The molecule has 1 fully saturated rings. The van der Waals surface area contributed by atoms with E-state index in [-0.39, 0.29) is 9.88 Å². The lowest BCUT2D eigenvalue weighted by Gasteiger charge is -2.28. The first-order chi connectivity index (χ1) is 9.19. The number of hydrogen-bond donors (Lipinski definition) is 2. The number of nitrogens with one attached hydrogen (secondary N) is 1. The Balaban J connectivity index is 2.43. The SMILES string of the molecule is Cc1nn(C)c(C)c1S(=O)(=O)NC1(C(N)=S)CCCC1. The Labute approximate surface area is 124 Å². The van der Waals surface area contributed by atoms with Gasteiger partial charge in [0.15, 0.2) is 0 Å². The molecule has 0 atom stereocenters. The summed E-state index contributed by atoms with van der Waals surface area (Å²) in [6.45, 7) is 3.42. The van der Waals surface area contributed by atoms with Gasteiger partial charge in [-0.05, 0) is 26.7 Å². The molecule has 2 rings (SSSR count). The number of aryl methyl sites for hydroxylation is 2. The third-order valence-electron chi connectivity index (χ3n) is 3.97. The van der Waals surface area contributed by atoms with Gasteiger partial charge >= 0.3 is 0 Å². The van der Waals surface area contributed by atoms with E-state index in [1.54, 1.807) is 25.6 Å². The first-order valence-electron chi connectivity index (χ1n) is 6.54. The van der Waals surface area contributed by atoms with E-state index in [2.05, 4.69) is 9.82 Å². The largest absolute Gasteiger partial charge is 0.392 e. The number of aromatic nitrogens is 2. The molecule has 0 saturated heterocycles. The predicted molar refractivity (Wildman–Crippen MR) is 81.0 cm³/mol. The molecule has 0 unspecified atom stereocenters. The van der Waals surface area contributed by atoms with Crippen LogP contribution in [0.3, 0.4) is 0 Å². The van der Waals surface area contributed by atoms with E-state index in [1.165, 1.54) is 0 Å². The van der Waals surface area contributed by atoms with Crippen LogP contribution in [0.1, 0.15) is 37.1 Å². The molecule has 0 aromatic carbocycles. The van der Waals surface area contributed by atoms with Crippen molar-refractivity contribution in [3.63, 3.8) is 0 Å². The highest BCUT2D eigenvalue weighted by Crippen LogP contribution is 2.32. The van der Waals surface area contributed by atoms with Gasteiger partial charge in [-0.25, -0.2) is 8.42 Å². The van der Waals surface area contributed by atoms with Gasteiger partial charge in [-0.1, -0.05) is 25.1 Å². The van der Waals surface area contributed by atoms with E-state index >= 15 is 0 Å². The third-order valence-corrected chi connectivity index (χ3v) is 6.15. The first kappa shape index (κ1) is 15.4. The van der Waals surface area contributed by atoms with Gasteiger partial charge in [0.25, 0.3) is 0 Å². The van der Waals surface area contributed by atoms with Crippen molar-refractivity contribution < 1.29 is 8.42 Å². The Kier molecular flexibility index (Phi) is 3.92. The summed E-state index contributed by atoms with van der Waals surface area (Å²) >= 11 is 5.09. The molecule has 1 heterocycles. The molecule has 0 bridgehead atoms. The Morgan fingerprint density at radius 2 is 1.95 bits per heavy atom. The minimum absolute atomic E-state index is 0.220. The molecule has 0 amide bonds. The zero-order valence-corrected chi connectivity index (χ0v) is 13.6. The van der Waals surface area contributed by atoms with Gasteiger partial charge in [0.05, 0.1) is 21.9 Å². The zero-order valence-electron chi connectivity index (χ0n) is 11.9. The lowest BCUT2D eigenvalue weighted by Crippen LogP contribution is -2.54. The summed E-state index contributed by atoms with van der Waals surface area (Å²) in [5.74, 6) is 0. The number of rotatable bonds is 4. The number of nitrogens with two attached hydrogens (primary N) is 1. The van der Waals surface area contributed by atoms with Gasteiger partial charge in [0.1, 0.15) is 4.90 Å². The molecule has 1 aliphatic rings. The van der Waals surface area contributed by atoms with E-state index < -0.39 is 15.6 Å². The second-order valence-corrected chi connectivity index (χ2v) is 7.44. The van der Waals surface area contributed by atoms with E-state index in [4.69, 9.17) is 18.0 Å². The number of thiocarbonyl (C=S) groups is 1. The monoisotopic (exact) mass is 316 g/mol. The van der Waals surface area contributed by atoms with Gasteiger partial charge in [-0.2, -0.15) is 9.82 Å². The third kappa shape index (κ3) is 2.47. The van der Waals surface area contributed by atoms with Crippen molar-refractivity contribution >= 4 is 27.2 Å². The van der Waals surface area contributed by atoms with Crippen LogP contribution in [0.2, 0.25) is 0 Å². The van der Waals surface area contributed by atoms with Crippen LogP contribution >= 0.6 is 12.2 Å².